The van der Waals surface area contributed by atoms with Gasteiger partial charge in [0.2, 0.25) is 0 Å². The summed E-state index contributed by atoms with van der Waals surface area (Å²) in [6, 6.07) is 11.9. The summed E-state index contributed by atoms with van der Waals surface area (Å²) in [6.07, 6.45) is 10.4. The highest BCUT2D eigenvalue weighted by Crippen LogP contribution is 2.42. The van der Waals surface area contributed by atoms with Crippen LogP contribution in [0.5, 0.6) is 0 Å². The second kappa shape index (κ2) is 6.67. The van der Waals surface area contributed by atoms with Gasteiger partial charge in [-0.05, 0) is 42.8 Å². The molecule has 0 unspecified atom stereocenters. The van der Waals surface area contributed by atoms with E-state index in [0.717, 1.165) is 30.7 Å². The van der Waals surface area contributed by atoms with Crippen molar-refractivity contribution < 1.29 is 9.47 Å². The van der Waals surface area contributed by atoms with Gasteiger partial charge in [0.05, 0.1) is 24.6 Å². The Morgan fingerprint density at radius 3 is 1.79 bits per heavy atom. The second-order valence-corrected chi connectivity index (χ2v) is 6.25. The van der Waals surface area contributed by atoms with Crippen LogP contribution in [0.15, 0.2) is 59.9 Å². The van der Waals surface area contributed by atoms with E-state index in [9.17, 15) is 0 Å². The van der Waals surface area contributed by atoms with Crippen LogP contribution in [0.25, 0.3) is 12.2 Å². The molecular weight excluding hydrogens is 300 g/mol. The molecule has 122 valence electrons. The van der Waals surface area contributed by atoms with Gasteiger partial charge in [0.25, 0.3) is 0 Å². The molecule has 1 aliphatic heterocycles. The van der Waals surface area contributed by atoms with Crippen molar-refractivity contribution in [2.24, 2.45) is 0 Å². The molecule has 2 aromatic rings. The highest BCUT2D eigenvalue weighted by atomic mass is 16.7. The van der Waals surface area contributed by atoms with Gasteiger partial charge in [0.15, 0.2) is 5.79 Å². The van der Waals surface area contributed by atoms with E-state index in [2.05, 4.69) is 22.1 Å². The van der Waals surface area contributed by atoms with Crippen molar-refractivity contribution in [3.05, 3.63) is 71.3 Å². The van der Waals surface area contributed by atoms with E-state index in [0.29, 0.717) is 13.2 Å². The summed E-state index contributed by atoms with van der Waals surface area (Å²) in [5.74, 6) is -0.514. The van der Waals surface area contributed by atoms with E-state index < -0.39 is 5.79 Å². The molecule has 4 rings (SSSR count). The predicted molar refractivity (Wildman–Crippen MR) is 92.9 cm³/mol. The Bertz CT molecular complexity index is 688. The van der Waals surface area contributed by atoms with Crippen molar-refractivity contribution >= 4 is 12.2 Å². The summed E-state index contributed by atoms with van der Waals surface area (Å²) in [5.41, 5.74) is 4.51. The molecule has 0 aromatic carbocycles. The first-order chi connectivity index (χ1) is 11.8. The maximum atomic E-state index is 5.97. The highest BCUT2D eigenvalue weighted by molar-refractivity contribution is 5.56. The van der Waals surface area contributed by atoms with Gasteiger partial charge in [0.1, 0.15) is 0 Å². The average molecular weight is 320 g/mol. The summed E-state index contributed by atoms with van der Waals surface area (Å²) in [7, 11) is 0. The Morgan fingerprint density at radius 1 is 0.792 bits per heavy atom. The summed E-state index contributed by atoms with van der Waals surface area (Å²) in [4.78, 5) is 8.81. The van der Waals surface area contributed by atoms with Gasteiger partial charge in [-0.1, -0.05) is 23.3 Å². The SMILES string of the molecule is C(=C1\C/C(=C/c2ccccn2)CC2(C1)OCCO2)/c1ccccn1. The van der Waals surface area contributed by atoms with Gasteiger partial charge in [-0.25, -0.2) is 0 Å². The summed E-state index contributed by atoms with van der Waals surface area (Å²) in [6.45, 7) is 1.32. The fourth-order valence-corrected chi connectivity index (χ4v) is 3.42. The molecule has 1 aliphatic carbocycles. The van der Waals surface area contributed by atoms with Gasteiger partial charge in [-0.3, -0.25) is 9.97 Å². The van der Waals surface area contributed by atoms with Crippen molar-refractivity contribution in [3.8, 4) is 0 Å². The maximum Gasteiger partial charge on any atom is 0.175 e. The quantitative estimate of drug-likeness (QED) is 0.842. The molecule has 4 heteroatoms. The average Bonchev–Trinajstić information content (AvgIpc) is 3.03. The first-order valence-electron chi connectivity index (χ1n) is 8.30. The minimum Gasteiger partial charge on any atom is -0.347 e. The third-order valence-electron chi connectivity index (χ3n) is 4.34. The number of aromatic nitrogens is 2. The van der Waals surface area contributed by atoms with Crippen LogP contribution in [0.2, 0.25) is 0 Å². The van der Waals surface area contributed by atoms with Crippen LogP contribution in [0.3, 0.4) is 0 Å². The molecule has 0 atom stereocenters. The number of hydrogen-bond acceptors (Lipinski definition) is 4. The van der Waals surface area contributed by atoms with Crippen molar-refractivity contribution in [1.82, 2.24) is 9.97 Å². The van der Waals surface area contributed by atoms with Crippen LogP contribution in [-0.2, 0) is 9.47 Å². The van der Waals surface area contributed by atoms with Crippen molar-refractivity contribution in [3.63, 3.8) is 0 Å². The third-order valence-corrected chi connectivity index (χ3v) is 4.34. The maximum absolute atomic E-state index is 5.97. The lowest BCUT2D eigenvalue weighted by Gasteiger charge is -2.34. The fourth-order valence-electron chi connectivity index (χ4n) is 3.42. The van der Waals surface area contributed by atoms with Crippen molar-refractivity contribution in [2.45, 2.75) is 25.0 Å². The van der Waals surface area contributed by atoms with E-state index in [1.54, 1.807) is 0 Å². The molecule has 1 saturated carbocycles. The first-order valence-corrected chi connectivity index (χ1v) is 8.30. The lowest BCUT2D eigenvalue weighted by Crippen LogP contribution is -2.34. The standard InChI is InChI=1S/C20H20N2O2/c1-3-7-21-18(5-1)12-16-11-17(13-19-6-2-4-8-22-19)15-20(14-16)23-9-10-24-20/h1-8,12-13H,9-11,14-15H2/b16-12-,17-13-. The Balaban J connectivity index is 1.66. The minimum atomic E-state index is -0.514. The lowest BCUT2D eigenvalue weighted by molar-refractivity contribution is -0.158. The molecule has 4 nitrogen and oxygen atoms in total. The first kappa shape index (κ1) is 15.2. The largest absolute Gasteiger partial charge is 0.347 e. The van der Waals surface area contributed by atoms with E-state index in [1.807, 2.05) is 48.8 Å². The van der Waals surface area contributed by atoms with Crippen LogP contribution in [0.1, 0.15) is 30.7 Å². The lowest BCUT2D eigenvalue weighted by atomic mass is 9.84. The van der Waals surface area contributed by atoms with E-state index >= 15 is 0 Å². The molecule has 2 aromatic heterocycles. The number of rotatable bonds is 2. The Kier molecular flexibility index (Phi) is 4.24. The van der Waals surface area contributed by atoms with Crippen molar-refractivity contribution in [2.75, 3.05) is 13.2 Å². The molecule has 1 spiro atoms. The summed E-state index contributed by atoms with van der Waals surface area (Å²) >= 11 is 0. The number of ether oxygens (including phenoxy) is 2. The number of pyridine rings is 2. The van der Waals surface area contributed by atoms with E-state index in [-0.39, 0.29) is 0 Å². The zero-order valence-corrected chi connectivity index (χ0v) is 13.5. The van der Waals surface area contributed by atoms with Crippen LogP contribution in [-0.4, -0.2) is 29.0 Å². The van der Waals surface area contributed by atoms with Gasteiger partial charge >= 0.3 is 0 Å². The second-order valence-electron chi connectivity index (χ2n) is 6.25. The molecule has 0 N–H and O–H groups in total. The highest BCUT2D eigenvalue weighted by Gasteiger charge is 2.41. The topological polar surface area (TPSA) is 44.2 Å². The number of hydrogen-bond donors (Lipinski definition) is 0. The smallest absolute Gasteiger partial charge is 0.175 e. The van der Waals surface area contributed by atoms with E-state index in [1.165, 1.54) is 11.1 Å². The molecule has 24 heavy (non-hydrogen) atoms. The predicted octanol–water partition coefficient (Wildman–Crippen LogP) is 3.87. The zero-order chi connectivity index (χ0) is 16.2. The Hall–Kier alpha value is -2.30. The van der Waals surface area contributed by atoms with Crippen LogP contribution < -0.4 is 0 Å². The van der Waals surface area contributed by atoms with Crippen LogP contribution >= 0.6 is 0 Å². The molecule has 0 radical (unpaired) electrons. The summed E-state index contributed by atoms with van der Waals surface area (Å²) < 4.78 is 11.9. The Morgan fingerprint density at radius 2 is 1.33 bits per heavy atom. The van der Waals surface area contributed by atoms with Crippen LogP contribution in [0.4, 0.5) is 0 Å². The summed E-state index contributed by atoms with van der Waals surface area (Å²) in [5, 5.41) is 0. The molecule has 2 aliphatic rings. The Labute approximate surface area is 141 Å². The number of nitrogens with zero attached hydrogens (tertiary/aromatic N) is 2. The normalized spacial score (nSPS) is 23.2. The molecule has 2 fully saturated rings. The third kappa shape index (κ3) is 3.45. The van der Waals surface area contributed by atoms with Gasteiger partial charge < -0.3 is 9.47 Å². The van der Waals surface area contributed by atoms with Gasteiger partial charge in [0, 0.05) is 25.2 Å². The molecule has 3 heterocycles. The fraction of sp³-hybridized carbons (Fsp3) is 0.300. The van der Waals surface area contributed by atoms with E-state index in [4.69, 9.17) is 9.47 Å². The molecule has 1 saturated heterocycles. The van der Waals surface area contributed by atoms with Gasteiger partial charge in [-0.15, -0.1) is 0 Å². The minimum absolute atomic E-state index is 0.514. The zero-order valence-electron chi connectivity index (χ0n) is 13.5. The van der Waals surface area contributed by atoms with Gasteiger partial charge in [-0.2, -0.15) is 0 Å². The molecule has 0 amide bonds. The molecule has 0 bridgehead atoms. The van der Waals surface area contributed by atoms with Crippen molar-refractivity contribution in [1.29, 1.82) is 0 Å². The monoisotopic (exact) mass is 320 g/mol. The molecular formula is C20H20N2O2. The van der Waals surface area contributed by atoms with Crippen LogP contribution in [0, 0.1) is 0 Å².